The van der Waals surface area contributed by atoms with Gasteiger partial charge in [0.15, 0.2) is 15.3 Å². The fourth-order valence-corrected chi connectivity index (χ4v) is 5.36. The van der Waals surface area contributed by atoms with Gasteiger partial charge in [-0.05, 0) is 31.5 Å². The fourth-order valence-electron chi connectivity index (χ4n) is 3.16. The van der Waals surface area contributed by atoms with Crippen molar-refractivity contribution in [3.8, 4) is 12.1 Å². The van der Waals surface area contributed by atoms with Crippen molar-refractivity contribution in [2.45, 2.75) is 29.9 Å². The molecule has 4 nitrogen and oxygen atoms in total. The number of sulfone groups is 1. The van der Waals surface area contributed by atoms with Crippen molar-refractivity contribution in [2.24, 2.45) is 5.41 Å². The molecule has 2 aromatic rings. The molecule has 0 heterocycles. The minimum Gasteiger partial charge on any atom is -0.223 e. The first-order valence-electron chi connectivity index (χ1n) is 7.56. The second kappa shape index (κ2) is 5.47. The molecular weight excluding hydrogens is 320 g/mol. The Morgan fingerprint density at radius 3 is 1.79 bits per heavy atom. The largest absolute Gasteiger partial charge is 0.223 e. The van der Waals surface area contributed by atoms with Crippen molar-refractivity contribution in [2.75, 3.05) is 0 Å². The third-order valence-corrected chi connectivity index (χ3v) is 6.87. The van der Waals surface area contributed by atoms with E-state index in [4.69, 9.17) is 0 Å². The van der Waals surface area contributed by atoms with Gasteiger partial charge in [0.1, 0.15) is 5.25 Å². The van der Waals surface area contributed by atoms with Crippen LogP contribution in [0.15, 0.2) is 53.4 Å². The monoisotopic (exact) mass is 336 g/mol. The number of nitriles is 2. The second-order valence-corrected chi connectivity index (χ2v) is 8.33. The Balaban J connectivity index is 2.09. The van der Waals surface area contributed by atoms with E-state index >= 15 is 0 Å². The summed E-state index contributed by atoms with van der Waals surface area (Å²) in [4.78, 5) is 0.155. The highest BCUT2D eigenvalue weighted by Crippen LogP contribution is 2.63. The summed E-state index contributed by atoms with van der Waals surface area (Å²) in [6.07, 6.45) is 0. The normalized spacial score (nSPS) is 21.5. The van der Waals surface area contributed by atoms with E-state index in [-0.39, 0.29) is 4.90 Å². The first-order valence-corrected chi connectivity index (χ1v) is 9.11. The summed E-state index contributed by atoms with van der Waals surface area (Å²) in [6.45, 7) is 3.80. The molecule has 120 valence electrons. The second-order valence-electron chi connectivity index (χ2n) is 6.26. The molecule has 5 heteroatoms. The molecule has 2 aromatic carbocycles. The van der Waals surface area contributed by atoms with Gasteiger partial charge in [0.05, 0.1) is 17.0 Å². The Morgan fingerprint density at radius 2 is 1.33 bits per heavy atom. The minimum absolute atomic E-state index is 0.155. The Hall–Kier alpha value is -2.63. The maximum absolute atomic E-state index is 13.0. The lowest BCUT2D eigenvalue weighted by atomic mass is 10.0. The van der Waals surface area contributed by atoms with Crippen LogP contribution in [0.25, 0.3) is 0 Å². The van der Waals surface area contributed by atoms with E-state index in [2.05, 4.69) is 0 Å². The van der Waals surface area contributed by atoms with E-state index in [1.54, 1.807) is 24.3 Å². The number of rotatable bonds is 3. The first-order chi connectivity index (χ1) is 11.4. The van der Waals surface area contributed by atoms with E-state index < -0.39 is 26.4 Å². The Labute approximate surface area is 141 Å². The van der Waals surface area contributed by atoms with Crippen LogP contribution in [0.5, 0.6) is 0 Å². The molecule has 0 radical (unpaired) electrons. The number of hydrogen-bond acceptors (Lipinski definition) is 4. The highest BCUT2D eigenvalue weighted by molar-refractivity contribution is 7.92. The zero-order chi connectivity index (χ0) is 17.5. The molecule has 1 aliphatic rings. The van der Waals surface area contributed by atoms with Gasteiger partial charge in [-0.1, -0.05) is 47.5 Å². The molecule has 0 aliphatic heterocycles. The van der Waals surface area contributed by atoms with Crippen LogP contribution < -0.4 is 0 Å². The number of benzene rings is 2. The topological polar surface area (TPSA) is 81.7 Å². The Morgan fingerprint density at radius 1 is 0.875 bits per heavy atom. The van der Waals surface area contributed by atoms with E-state index in [0.717, 1.165) is 11.1 Å². The van der Waals surface area contributed by atoms with Gasteiger partial charge in [-0.3, -0.25) is 0 Å². The van der Waals surface area contributed by atoms with Crippen LogP contribution in [-0.4, -0.2) is 13.7 Å². The SMILES string of the molecule is Cc1ccc([C@H]2[C@H](S(=O)(=O)c3ccc(C)cc3)C2(C#N)C#N)cc1. The predicted molar refractivity (Wildman–Crippen MR) is 89.7 cm³/mol. The van der Waals surface area contributed by atoms with E-state index in [0.29, 0.717) is 5.56 Å². The molecule has 0 spiro atoms. The van der Waals surface area contributed by atoms with Crippen molar-refractivity contribution in [3.63, 3.8) is 0 Å². The van der Waals surface area contributed by atoms with Gasteiger partial charge >= 0.3 is 0 Å². The van der Waals surface area contributed by atoms with Crippen molar-refractivity contribution in [1.82, 2.24) is 0 Å². The molecule has 0 bridgehead atoms. The molecule has 1 saturated carbocycles. The van der Waals surface area contributed by atoms with Crippen LogP contribution >= 0.6 is 0 Å². The average Bonchev–Trinajstić information content (AvgIpc) is 3.26. The zero-order valence-corrected chi connectivity index (χ0v) is 14.2. The summed E-state index contributed by atoms with van der Waals surface area (Å²) in [7, 11) is -3.77. The number of nitrogens with zero attached hydrogens (tertiary/aromatic N) is 2. The van der Waals surface area contributed by atoms with Crippen LogP contribution in [0.3, 0.4) is 0 Å². The molecule has 0 N–H and O–H groups in total. The molecule has 3 rings (SSSR count). The van der Waals surface area contributed by atoms with Crippen molar-refractivity contribution >= 4 is 9.84 Å². The highest BCUT2D eigenvalue weighted by atomic mass is 32.2. The van der Waals surface area contributed by atoms with Gasteiger partial charge in [-0.15, -0.1) is 0 Å². The average molecular weight is 336 g/mol. The molecular formula is C19H16N2O2S. The predicted octanol–water partition coefficient (Wildman–Crippen LogP) is 3.28. The summed E-state index contributed by atoms with van der Waals surface area (Å²) in [5.41, 5.74) is 1.17. The maximum Gasteiger partial charge on any atom is 0.184 e. The van der Waals surface area contributed by atoms with E-state index in [1.165, 1.54) is 12.1 Å². The molecule has 0 aromatic heterocycles. The van der Waals surface area contributed by atoms with Gasteiger partial charge in [-0.25, -0.2) is 8.42 Å². The summed E-state index contributed by atoms with van der Waals surface area (Å²) in [6, 6.07) is 17.8. The van der Waals surface area contributed by atoms with Gasteiger partial charge in [0.25, 0.3) is 0 Å². The van der Waals surface area contributed by atoms with Gasteiger partial charge in [0, 0.05) is 5.92 Å². The Bertz CT molecular complexity index is 948. The summed E-state index contributed by atoms with van der Waals surface area (Å²) in [5.74, 6) is -0.626. The smallest absolute Gasteiger partial charge is 0.184 e. The fraction of sp³-hybridized carbons (Fsp3) is 0.263. The number of aryl methyl sites for hydroxylation is 2. The lowest BCUT2D eigenvalue weighted by Gasteiger charge is -2.04. The van der Waals surface area contributed by atoms with Crippen molar-refractivity contribution < 1.29 is 8.42 Å². The molecule has 1 fully saturated rings. The summed E-state index contributed by atoms with van der Waals surface area (Å²) < 4.78 is 26.0. The number of hydrogen-bond donors (Lipinski definition) is 0. The Kier molecular flexibility index (Phi) is 3.70. The van der Waals surface area contributed by atoms with Crippen LogP contribution in [0, 0.1) is 41.9 Å². The molecule has 0 saturated heterocycles. The van der Waals surface area contributed by atoms with Crippen LogP contribution in [-0.2, 0) is 9.84 Å². The van der Waals surface area contributed by atoms with Gasteiger partial charge < -0.3 is 0 Å². The van der Waals surface area contributed by atoms with Crippen LogP contribution in [0.1, 0.15) is 22.6 Å². The van der Waals surface area contributed by atoms with Gasteiger partial charge in [-0.2, -0.15) is 10.5 Å². The van der Waals surface area contributed by atoms with Crippen LogP contribution in [0.4, 0.5) is 0 Å². The lowest BCUT2D eigenvalue weighted by Crippen LogP contribution is -2.14. The highest BCUT2D eigenvalue weighted by Gasteiger charge is 2.73. The molecule has 2 atom stereocenters. The van der Waals surface area contributed by atoms with E-state index in [9.17, 15) is 18.9 Å². The lowest BCUT2D eigenvalue weighted by molar-refractivity contribution is 0.591. The minimum atomic E-state index is -3.77. The molecule has 0 amide bonds. The molecule has 1 aliphatic carbocycles. The first kappa shape index (κ1) is 16.2. The van der Waals surface area contributed by atoms with Crippen LogP contribution in [0.2, 0.25) is 0 Å². The standard InChI is InChI=1S/C19H16N2O2S/c1-13-3-7-15(8-4-13)17-18(19(17,11-20)12-21)24(22,23)16-9-5-14(2)6-10-16/h3-10,17-18H,1-2H3/t17-,18-/m0/s1. The maximum atomic E-state index is 13.0. The van der Waals surface area contributed by atoms with E-state index in [1.807, 2.05) is 38.1 Å². The molecule has 24 heavy (non-hydrogen) atoms. The summed E-state index contributed by atoms with van der Waals surface area (Å²) >= 11 is 0. The quantitative estimate of drug-likeness (QED) is 0.861. The third-order valence-electron chi connectivity index (χ3n) is 4.62. The van der Waals surface area contributed by atoms with Crippen molar-refractivity contribution in [1.29, 1.82) is 10.5 Å². The van der Waals surface area contributed by atoms with Gasteiger partial charge in [0.2, 0.25) is 0 Å². The summed E-state index contributed by atoms with van der Waals surface area (Å²) in [5, 5.41) is 18.0. The molecule has 0 unspecified atom stereocenters. The third kappa shape index (κ3) is 2.29. The zero-order valence-electron chi connectivity index (χ0n) is 13.4. The van der Waals surface area contributed by atoms with Crippen molar-refractivity contribution in [3.05, 3.63) is 65.2 Å².